The second-order valence-electron chi connectivity index (χ2n) is 6.98. The Morgan fingerprint density at radius 1 is 1.35 bits per heavy atom. The molecule has 2 heterocycles. The molecule has 7 nitrogen and oxygen atoms in total. The van der Waals surface area contributed by atoms with Crippen LogP contribution in [0.5, 0.6) is 5.75 Å². The molecule has 34 heavy (non-hydrogen) atoms. The number of aromatic nitrogens is 4. The molecular weight excluding hydrogens is 487 g/mol. The van der Waals surface area contributed by atoms with Crippen LogP contribution in [0.4, 0.5) is 22.0 Å². The van der Waals surface area contributed by atoms with Gasteiger partial charge in [-0.25, -0.2) is 18.6 Å². The van der Waals surface area contributed by atoms with Gasteiger partial charge in [0.25, 0.3) is 0 Å². The molecule has 0 radical (unpaired) electrons. The van der Waals surface area contributed by atoms with Gasteiger partial charge in [0.2, 0.25) is 0 Å². The Morgan fingerprint density at radius 2 is 2.06 bits per heavy atom. The number of benzene rings is 1. The molecule has 0 saturated heterocycles. The third-order valence-corrected chi connectivity index (χ3v) is 5.07. The Kier molecular flexibility index (Phi) is 7.41. The number of alkyl halides is 3. The average Bonchev–Trinajstić information content (AvgIpc) is 3.10. The average molecular weight is 505 g/mol. The lowest BCUT2D eigenvalue weighted by molar-refractivity contribution is -0.189. The van der Waals surface area contributed by atoms with Crippen LogP contribution in [-0.2, 0) is 13.2 Å². The highest BCUT2D eigenvalue weighted by molar-refractivity contribution is 6.32. The summed E-state index contributed by atoms with van der Waals surface area (Å²) in [4.78, 5) is 16.4. The molecule has 0 amide bonds. The number of aliphatic hydroxyl groups excluding tert-OH is 1. The minimum Gasteiger partial charge on any atom is -0.479 e. The zero-order chi connectivity index (χ0) is 25.2. The maximum atomic E-state index is 15.1. The second kappa shape index (κ2) is 9.94. The molecule has 0 aliphatic heterocycles. The van der Waals surface area contributed by atoms with Crippen LogP contribution in [0.1, 0.15) is 30.9 Å². The topological polar surface area (TPSA) is 82.2 Å². The Bertz CT molecular complexity index is 1270. The normalized spacial score (nSPS) is 13.3. The maximum Gasteiger partial charge on any atom is 0.425 e. The summed E-state index contributed by atoms with van der Waals surface area (Å²) in [5.74, 6) is -2.76. The first kappa shape index (κ1) is 25.4. The third kappa shape index (κ3) is 5.12. The molecule has 0 unspecified atom stereocenters. The van der Waals surface area contributed by atoms with Crippen molar-refractivity contribution in [3.05, 3.63) is 68.9 Å². The lowest BCUT2D eigenvalue weighted by Gasteiger charge is -2.19. The van der Waals surface area contributed by atoms with Crippen LogP contribution in [0, 0.1) is 5.82 Å². The largest absolute Gasteiger partial charge is 0.479 e. The fraction of sp³-hybridized carbons (Fsp3) is 0.286. The molecular formula is C21H18ClF5N4O3. The summed E-state index contributed by atoms with van der Waals surface area (Å²) >= 11 is 5.89. The predicted octanol–water partition coefficient (Wildman–Crippen LogP) is 4.53. The standard InChI is InChI=1S/C21H18ClF5N4O3/c1-3-30-18(10-32)29-31(20(30)33)12-7-17(34-11(2)21(25,26)27)19(28-9-12)16(24)8-13-14(22)5-4-6-15(13)23/h4-9,11,32H,3,10H2,1-2H3/b16-8-/t11-/m0/s1. The summed E-state index contributed by atoms with van der Waals surface area (Å²) < 4.78 is 75.4. The maximum absolute atomic E-state index is 15.1. The first-order valence-corrected chi connectivity index (χ1v) is 10.2. The zero-order valence-corrected chi connectivity index (χ0v) is 18.5. The number of pyridine rings is 1. The molecule has 0 aliphatic carbocycles. The van der Waals surface area contributed by atoms with Gasteiger partial charge in [0.1, 0.15) is 18.1 Å². The lowest BCUT2D eigenvalue weighted by atomic mass is 10.1. The Hall–Kier alpha value is -3.25. The molecule has 0 fully saturated rings. The van der Waals surface area contributed by atoms with Gasteiger partial charge in [-0.05, 0) is 32.1 Å². The van der Waals surface area contributed by atoms with E-state index in [9.17, 15) is 27.5 Å². The van der Waals surface area contributed by atoms with E-state index in [1.807, 2.05) is 0 Å². The van der Waals surface area contributed by atoms with Gasteiger partial charge in [0, 0.05) is 18.2 Å². The van der Waals surface area contributed by atoms with Crippen molar-refractivity contribution in [1.82, 2.24) is 19.3 Å². The van der Waals surface area contributed by atoms with Crippen molar-refractivity contribution >= 4 is 23.5 Å². The quantitative estimate of drug-likeness (QED) is 0.478. The van der Waals surface area contributed by atoms with E-state index in [-0.39, 0.29) is 28.6 Å². The van der Waals surface area contributed by atoms with E-state index >= 15 is 4.39 Å². The number of hydrogen-bond donors (Lipinski definition) is 1. The van der Waals surface area contributed by atoms with Crippen LogP contribution >= 0.6 is 11.6 Å². The van der Waals surface area contributed by atoms with Crippen LogP contribution < -0.4 is 10.4 Å². The van der Waals surface area contributed by atoms with Gasteiger partial charge in [0.05, 0.1) is 16.9 Å². The summed E-state index contributed by atoms with van der Waals surface area (Å²) in [5.41, 5.74) is -1.86. The molecule has 2 aromatic heterocycles. The molecule has 3 aromatic rings. The van der Waals surface area contributed by atoms with Gasteiger partial charge in [-0.1, -0.05) is 17.7 Å². The fourth-order valence-electron chi connectivity index (χ4n) is 2.96. The van der Waals surface area contributed by atoms with Crippen molar-refractivity contribution in [1.29, 1.82) is 0 Å². The molecule has 1 N–H and O–H groups in total. The third-order valence-electron chi connectivity index (χ3n) is 4.74. The molecule has 182 valence electrons. The number of ether oxygens (including phenoxy) is 1. The van der Waals surface area contributed by atoms with Gasteiger partial charge >= 0.3 is 11.9 Å². The number of aliphatic hydroxyl groups is 1. The minimum absolute atomic E-state index is 0.00276. The van der Waals surface area contributed by atoms with Crippen LogP contribution in [0.2, 0.25) is 5.02 Å². The molecule has 1 aromatic carbocycles. The van der Waals surface area contributed by atoms with E-state index in [1.54, 1.807) is 6.92 Å². The van der Waals surface area contributed by atoms with Crippen LogP contribution in [0.3, 0.4) is 0 Å². The lowest BCUT2D eigenvalue weighted by Crippen LogP contribution is -2.31. The summed E-state index contributed by atoms with van der Waals surface area (Å²) in [6, 6.07) is 4.57. The van der Waals surface area contributed by atoms with Gasteiger partial charge in [-0.2, -0.15) is 17.9 Å². The van der Waals surface area contributed by atoms with E-state index in [2.05, 4.69) is 10.1 Å². The first-order chi connectivity index (χ1) is 16.0. The summed E-state index contributed by atoms with van der Waals surface area (Å²) in [6.07, 6.45) is -5.52. The first-order valence-electron chi connectivity index (χ1n) is 9.82. The highest BCUT2D eigenvalue weighted by Crippen LogP contribution is 2.33. The number of nitrogens with zero attached hydrogens (tertiary/aromatic N) is 4. The van der Waals surface area contributed by atoms with Crippen molar-refractivity contribution < 1.29 is 31.8 Å². The van der Waals surface area contributed by atoms with Crippen molar-refractivity contribution in [2.24, 2.45) is 0 Å². The van der Waals surface area contributed by atoms with Gasteiger partial charge in [-0.3, -0.25) is 4.57 Å². The highest BCUT2D eigenvalue weighted by atomic mass is 35.5. The molecule has 0 bridgehead atoms. The highest BCUT2D eigenvalue weighted by Gasteiger charge is 2.38. The number of halogens is 6. The van der Waals surface area contributed by atoms with Crippen molar-refractivity contribution in [2.75, 3.05) is 0 Å². The van der Waals surface area contributed by atoms with Crippen molar-refractivity contribution in [3.8, 4) is 11.4 Å². The zero-order valence-electron chi connectivity index (χ0n) is 17.8. The van der Waals surface area contributed by atoms with E-state index < -0.39 is 47.7 Å². The summed E-state index contributed by atoms with van der Waals surface area (Å²) in [6.45, 7) is 1.92. The van der Waals surface area contributed by atoms with E-state index in [0.717, 1.165) is 27.6 Å². The summed E-state index contributed by atoms with van der Waals surface area (Å²) in [7, 11) is 0. The van der Waals surface area contributed by atoms with Crippen LogP contribution in [0.25, 0.3) is 17.6 Å². The van der Waals surface area contributed by atoms with Crippen molar-refractivity contribution in [3.63, 3.8) is 0 Å². The van der Waals surface area contributed by atoms with E-state index in [1.165, 1.54) is 12.1 Å². The van der Waals surface area contributed by atoms with Crippen LogP contribution in [0.15, 0.2) is 35.3 Å². The Labute approximate surface area is 194 Å². The van der Waals surface area contributed by atoms with Gasteiger partial charge in [-0.15, -0.1) is 5.10 Å². The summed E-state index contributed by atoms with van der Waals surface area (Å²) in [5, 5.41) is 13.2. The minimum atomic E-state index is -4.80. The molecule has 0 saturated carbocycles. The van der Waals surface area contributed by atoms with Crippen LogP contribution in [-0.4, -0.2) is 36.7 Å². The molecule has 3 rings (SSSR count). The Morgan fingerprint density at radius 3 is 2.62 bits per heavy atom. The molecule has 1 atom stereocenters. The van der Waals surface area contributed by atoms with E-state index in [0.29, 0.717) is 13.0 Å². The number of hydrogen-bond acceptors (Lipinski definition) is 5. The van der Waals surface area contributed by atoms with Crippen molar-refractivity contribution in [2.45, 2.75) is 39.3 Å². The second-order valence-corrected chi connectivity index (χ2v) is 7.39. The predicted molar refractivity (Wildman–Crippen MR) is 114 cm³/mol. The smallest absolute Gasteiger partial charge is 0.425 e. The monoisotopic (exact) mass is 504 g/mol. The molecule has 0 spiro atoms. The number of rotatable bonds is 7. The fourth-order valence-corrected chi connectivity index (χ4v) is 3.18. The van der Waals surface area contributed by atoms with Gasteiger partial charge in [0.15, 0.2) is 23.5 Å². The molecule has 0 aliphatic rings. The van der Waals surface area contributed by atoms with E-state index in [4.69, 9.17) is 16.3 Å². The SMILES string of the molecule is CCn1c(CO)nn(-c2cnc(/C(F)=C/c3c(F)cccc3Cl)c(O[C@@H](C)C(F)(F)F)c2)c1=O. The van der Waals surface area contributed by atoms with Gasteiger partial charge < -0.3 is 9.84 Å². The molecule has 13 heteroatoms. The Balaban J connectivity index is 2.16.